The van der Waals surface area contributed by atoms with Crippen molar-refractivity contribution < 1.29 is 61.2 Å². The second-order valence-corrected chi connectivity index (χ2v) is 13.5. The van der Waals surface area contributed by atoms with E-state index in [1.165, 1.54) is 37.4 Å². The van der Waals surface area contributed by atoms with Crippen LogP contribution in [0, 0.1) is 0 Å². The van der Waals surface area contributed by atoms with Gasteiger partial charge in [0.25, 0.3) is 15.9 Å². The lowest BCUT2D eigenvalue weighted by Gasteiger charge is -2.08. The third kappa shape index (κ3) is 24.2. The zero-order valence-corrected chi connectivity index (χ0v) is 33.8. The number of ether oxygens (including phenoxy) is 5. The van der Waals surface area contributed by atoms with Gasteiger partial charge >= 0.3 is 5.97 Å². The summed E-state index contributed by atoms with van der Waals surface area (Å²) in [6.45, 7) is 7.34. The van der Waals surface area contributed by atoms with Crippen molar-refractivity contribution in [2.75, 3.05) is 71.2 Å². The van der Waals surface area contributed by atoms with Gasteiger partial charge in [-0.15, -0.1) is 0 Å². The number of aromatic nitrogens is 1. The molecule has 3 rings (SSSR count). The molecule has 0 saturated carbocycles. The third-order valence-electron chi connectivity index (χ3n) is 7.05. The van der Waals surface area contributed by atoms with Crippen molar-refractivity contribution in [2.45, 2.75) is 57.8 Å². The van der Waals surface area contributed by atoms with Crippen LogP contribution < -0.4 is 14.8 Å². The summed E-state index contributed by atoms with van der Waals surface area (Å²) in [6.07, 6.45) is 2.85. The molecule has 0 aliphatic rings. The van der Waals surface area contributed by atoms with Crippen molar-refractivity contribution in [3.63, 3.8) is 0 Å². The van der Waals surface area contributed by atoms with Gasteiger partial charge in [0.15, 0.2) is 17.3 Å². The first kappa shape index (κ1) is 49.9. The maximum atomic E-state index is 12.4. The number of pyridine rings is 1. The zero-order chi connectivity index (χ0) is 42.3. The number of ketones is 3. The number of carbonyl (C=O) groups is 5. The van der Waals surface area contributed by atoms with E-state index in [0.717, 1.165) is 5.56 Å². The highest BCUT2D eigenvalue weighted by atomic mass is 32.2. The largest absolute Gasteiger partial charge is 0.497 e. The van der Waals surface area contributed by atoms with E-state index in [2.05, 4.69) is 15.0 Å². The van der Waals surface area contributed by atoms with Crippen LogP contribution in [0.2, 0.25) is 0 Å². The molecule has 2 aromatic carbocycles. The first-order valence-electron chi connectivity index (χ1n) is 18.4. The molecular formula is C40H55N3O13S. The summed E-state index contributed by atoms with van der Waals surface area (Å²) >= 11 is 0. The Labute approximate surface area is 334 Å². The molecule has 57 heavy (non-hydrogen) atoms. The molecule has 0 bridgehead atoms. The van der Waals surface area contributed by atoms with E-state index in [1.54, 1.807) is 49.6 Å². The highest BCUT2D eigenvalue weighted by Crippen LogP contribution is 2.15. The van der Waals surface area contributed by atoms with Gasteiger partial charge < -0.3 is 34.1 Å². The fourth-order valence-electron chi connectivity index (χ4n) is 4.37. The van der Waals surface area contributed by atoms with Crippen LogP contribution in [0.5, 0.6) is 5.75 Å². The van der Waals surface area contributed by atoms with Crippen molar-refractivity contribution in [3.8, 4) is 5.75 Å². The minimum atomic E-state index is -3.80. The van der Waals surface area contributed by atoms with Gasteiger partial charge in [0.05, 0.1) is 57.0 Å². The Hall–Kier alpha value is -5.07. The number of hydrogen-bond donors (Lipinski definition) is 3. The molecule has 17 heteroatoms. The summed E-state index contributed by atoms with van der Waals surface area (Å²) in [5.41, 5.74) is 0.931. The zero-order valence-electron chi connectivity index (χ0n) is 33.0. The molecule has 0 saturated heterocycles. The maximum Gasteiger partial charge on any atom is 0.307 e. The number of rotatable bonds is 27. The minimum Gasteiger partial charge on any atom is -0.497 e. The van der Waals surface area contributed by atoms with Crippen LogP contribution in [-0.4, -0.2) is 114 Å². The highest BCUT2D eigenvalue weighted by Gasteiger charge is 2.15. The number of hydrogen-bond acceptors (Lipinski definition) is 13. The predicted molar refractivity (Wildman–Crippen MR) is 212 cm³/mol. The number of sulfonamides is 1. The molecule has 0 fully saturated rings. The molecule has 1 aromatic heterocycles. The minimum absolute atomic E-state index is 0.00911. The smallest absolute Gasteiger partial charge is 0.307 e. The first-order valence-corrected chi connectivity index (χ1v) is 19.9. The molecule has 1 amide bonds. The third-order valence-corrected chi connectivity index (χ3v) is 8.43. The Morgan fingerprint density at radius 1 is 0.737 bits per heavy atom. The van der Waals surface area contributed by atoms with Crippen LogP contribution in [-0.2, 0) is 54.6 Å². The van der Waals surface area contributed by atoms with E-state index < -0.39 is 21.9 Å². The molecule has 0 spiro atoms. The molecule has 16 nitrogen and oxygen atoms in total. The fraction of sp³-hybridized carbons (Fsp3) is 0.450. The van der Waals surface area contributed by atoms with Crippen LogP contribution in [0.25, 0.3) is 0 Å². The van der Waals surface area contributed by atoms with Crippen LogP contribution in [0.1, 0.15) is 62.4 Å². The monoisotopic (exact) mass is 817 g/mol. The van der Waals surface area contributed by atoms with Gasteiger partial charge in [-0.1, -0.05) is 44.2 Å². The van der Waals surface area contributed by atoms with Crippen molar-refractivity contribution in [3.05, 3.63) is 84.1 Å². The van der Waals surface area contributed by atoms with Crippen molar-refractivity contribution in [2.24, 2.45) is 0 Å². The summed E-state index contributed by atoms with van der Waals surface area (Å²) in [5.74, 6) is -0.849. The summed E-state index contributed by atoms with van der Waals surface area (Å²) in [4.78, 5) is 61.3. The lowest BCUT2D eigenvalue weighted by atomic mass is 10.1. The van der Waals surface area contributed by atoms with Crippen LogP contribution in [0.3, 0.4) is 0 Å². The number of nitrogens with zero attached hydrogens (tertiary/aromatic N) is 1. The van der Waals surface area contributed by atoms with Gasteiger partial charge in [0.2, 0.25) is 0 Å². The first-order chi connectivity index (χ1) is 27.4. The summed E-state index contributed by atoms with van der Waals surface area (Å²) in [6, 6.07) is 17.6. The summed E-state index contributed by atoms with van der Waals surface area (Å²) < 4.78 is 53.1. The number of carboxylic acids is 1. The van der Waals surface area contributed by atoms with Crippen LogP contribution in [0.4, 0.5) is 5.82 Å². The molecule has 3 aromatic rings. The topological polar surface area (TPSA) is 223 Å². The average Bonchev–Trinajstić information content (AvgIpc) is 3.20. The molecule has 0 aliphatic carbocycles. The van der Waals surface area contributed by atoms with Gasteiger partial charge in [0.1, 0.15) is 24.8 Å². The number of aliphatic carboxylic acids is 1. The van der Waals surface area contributed by atoms with E-state index in [1.807, 2.05) is 13.8 Å². The normalized spacial score (nSPS) is 10.5. The molecule has 0 radical (unpaired) electrons. The number of carboxylic acid groups (broad SMARTS) is 1. The Morgan fingerprint density at radius 2 is 1.35 bits per heavy atom. The highest BCUT2D eigenvalue weighted by molar-refractivity contribution is 7.92. The van der Waals surface area contributed by atoms with Crippen LogP contribution in [0.15, 0.2) is 77.8 Å². The molecule has 1 heterocycles. The average molecular weight is 818 g/mol. The van der Waals surface area contributed by atoms with Crippen molar-refractivity contribution in [1.82, 2.24) is 10.3 Å². The molecular weight excluding hydrogens is 763 g/mol. The van der Waals surface area contributed by atoms with Gasteiger partial charge in [0, 0.05) is 32.3 Å². The SMILES string of the molecule is CC.CC(=O)COCCOCCCC(=O)COCCOCCCC(=O)CNC(=O)c1ccc(NS(=O)(=O)c2ccccc2)nc1.COc1cccc(CC(=O)O)c1. The van der Waals surface area contributed by atoms with Crippen molar-refractivity contribution >= 4 is 45.1 Å². The number of anilines is 1. The number of amides is 1. The predicted octanol–water partition coefficient (Wildman–Crippen LogP) is 4.31. The number of nitrogens with one attached hydrogen (secondary N) is 2. The van der Waals surface area contributed by atoms with Crippen molar-refractivity contribution in [1.29, 1.82) is 0 Å². The Kier molecular flexibility index (Phi) is 26.4. The number of benzene rings is 2. The lowest BCUT2D eigenvalue weighted by molar-refractivity contribution is -0.136. The quantitative estimate of drug-likeness (QED) is 0.0913. The molecule has 0 atom stereocenters. The van der Waals surface area contributed by atoms with E-state index in [-0.39, 0.29) is 79.4 Å². The summed E-state index contributed by atoms with van der Waals surface area (Å²) in [7, 11) is -2.24. The molecule has 0 unspecified atom stereocenters. The van der Waals surface area contributed by atoms with Gasteiger partial charge in [-0.05, 0) is 61.7 Å². The molecule has 3 N–H and O–H groups in total. The van der Waals surface area contributed by atoms with E-state index >= 15 is 0 Å². The van der Waals surface area contributed by atoms with Gasteiger partial charge in [-0.2, -0.15) is 0 Å². The van der Waals surface area contributed by atoms with E-state index in [9.17, 15) is 32.4 Å². The standard InChI is InChI=1S/C29H39N3O10S.C9H10O3.C2H6/c1-23(33)21-41-17-15-40-14-6-8-26(35)22-42-18-16-39-13-5-7-25(34)20-31-29(36)24-11-12-28(30-19-24)32-43(37,38)27-9-3-2-4-10-27;1-12-8-4-2-3-7(5-8)6-9(10)11;1-2/h2-4,9-12,19H,5-8,13-18,20-22H2,1H3,(H,30,32)(H,31,36);2-5H,6H2,1H3,(H,10,11);1-2H3. The van der Waals surface area contributed by atoms with E-state index in [0.29, 0.717) is 51.4 Å². The Bertz CT molecular complexity index is 1740. The number of carbonyl (C=O) groups excluding carboxylic acids is 4. The molecule has 314 valence electrons. The van der Waals surface area contributed by atoms with E-state index in [4.69, 9.17) is 28.8 Å². The van der Waals surface area contributed by atoms with Gasteiger partial charge in [-0.25, -0.2) is 13.4 Å². The molecule has 0 aliphatic heterocycles. The van der Waals surface area contributed by atoms with Gasteiger partial charge in [-0.3, -0.25) is 28.7 Å². The fourth-order valence-corrected chi connectivity index (χ4v) is 5.40. The summed E-state index contributed by atoms with van der Waals surface area (Å²) in [5, 5.41) is 11.0. The maximum absolute atomic E-state index is 12.4. The Morgan fingerprint density at radius 3 is 1.93 bits per heavy atom. The second-order valence-electron chi connectivity index (χ2n) is 11.8. The number of Topliss-reactive ketones (excluding diaryl/α,β-unsaturated/α-hetero) is 3. The second kappa shape index (κ2) is 30.1. The lowest BCUT2D eigenvalue weighted by Crippen LogP contribution is -2.29. The Balaban J connectivity index is 0.000000977. The van der Waals surface area contributed by atoms with Crippen LogP contribution >= 0.6 is 0 Å². The number of methoxy groups -OCH3 is 1.